The first-order chi connectivity index (χ1) is 10.3. The number of aliphatic hydroxyl groups excluding tert-OH is 1. The lowest BCUT2D eigenvalue weighted by Crippen LogP contribution is -2.34. The third-order valence-corrected chi connectivity index (χ3v) is 3.76. The van der Waals surface area contributed by atoms with Crippen molar-refractivity contribution >= 4 is 10.9 Å². The Kier molecular flexibility index (Phi) is 4.34. The van der Waals surface area contributed by atoms with E-state index in [2.05, 4.69) is 46.7 Å². The van der Waals surface area contributed by atoms with E-state index in [1.165, 1.54) is 16.5 Å². The molecule has 3 N–H and O–H groups in total. The smallest absolute Gasteiger partial charge is 0.0587 e. The molecule has 1 heterocycles. The van der Waals surface area contributed by atoms with Crippen molar-refractivity contribution < 1.29 is 5.11 Å². The maximum atomic E-state index is 9.54. The van der Waals surface area contributed by atoms with E-state index in [0.29, 0.717) is 0 Å². The van der Waals surface area contributed by atoms with Crippen molar-refractivity contribution in [1.82, 2.24) is 10.3 Å². The number of rotatable bonds is 6. The van der Waals surface area contributed by atoms with Gasteiger partial charge in [-0.05, 0) is 35.1 Å². The molecule has 0 radical (unpaired) electrons. The van der Waals surface area contributed by atoms with Crippen LogP contribution in [0.3, 0.4) is 0 Å². The molecule has 3 heteroatoms. The number of fused-ring (bicyclic) bond motifs is 1. The maximum absolute atomic E-state index is 9.54. The highest BCUT2D eigenvalue weighted by molar-refractivity contribution is 5.79. The summed E-state index contributed by atoms with van der Waals surface area (Å²) in [7, 11) is 0. The van der Waals surface area contributed by atoms with E-state index >= 15 is 0 Å². The second-order valence-corrected chi connectivity index (χ2v) is 5.35. The first kappa shape index (κ1) is 13.9. The summed E-state index contributed by atoms with van der Waals surface area (Å²) in [4.78, 5) is 3.22. The van der Waals surface area contributed by atoms with Gasteiger partial charge in [-0.15, -0.1) is 0 Å². The molecule has 0 unspecified atom stereocenters. The van der Waals surface area contributed by atoms with Crippen LogP contribution < -0.4 is 5.32 Å². The Morgan fingerprint density at radius 3 is 2.67 bits per heavy atom. The van der Waals surface area contributed by atoms with Crippen molar-refractivity contribution in [3.8, 4) is 0 Å². The molecule has 1 atom stereocenters. The van der Waals surface area contributed by atoms with Crippen LogP contribution in [0.1, 0.15) is 11.1 Å². The minimum absolute atomic E-state index is 0.0757. The first-order valence-corrected chi connectivity index (χ1v) is 7.29. The quantitative estimate of drug-likeness (QED) is 0.650. The van der Waals surface area contributed by atoms with Crippen LogP contribution in [0.15, 0.2) is 60.8 Å². The Morgan fingerprint density at radius 2 is 1.86 bits per heavy atom. The van der Waals surface area contributed by atoms with Gasteiger partial charge in [0.1, 0.15) is 0 Å². The predicted molar refractivity (Wildman–Crippen MR) is 86.2 cm³/mol. The van der Waals surface area contributed by atoms with Crippen LogP contribution in [-0.4, -0.2) is 22.7 Å². The number of aliphatic hydroxyl groups is 1. The van der Waals surface area contributed by atoms with Crippen molar-refractivity contribution in [1.29, 1.82) is 0 Å². The molecule has 0 saturated heterocycles. The molecule has 2 aromatic carbocycles. The third-order valence-electron chi connectivity index (χ3n) is 3.76. The largest absolute Gasteiger partial charge is 0.395 e. The Hall–Kier alpha value is -2.10. The highest BCUT2D eigenvalue weighted by Gasteiger charge is 2.08. The molecule has 3 rings (SSSR count). The van der Waals surface area contributed by atoms with Gasteiger partial charge in [-0.1, -0.05) is 42.5 Å². The lowest BCUT2D eigenvalue weighted by Gasteiger charge is -2.16. The third kappa shape index (κ3) is 3.51. The summed E-state index contributed by atoms with van der Waals surface area (Å²) in [6.07, 6.45) is 2.79. The molecular weight excluding hydrogens is 260 g/mol. The summed E-state index contributed by atoms with van der Waals surface area (Å²) in [6, 6.07) is 18.8. The fourth-order valence-corrected chi connectivity index (χ4v) is 2.57. The molecule has 1 aromatic heterocycles. The molecule has 3 aromatic rings. The van der Waals surface area contributed by atoms with Gasteiger partial charge in [-0.2, -0.15) is 0 Å². The molecule has 0 amide bonds. The van der Waals surface area contributed by atoms with Crippen LogP contribution >= 0.6 is 0 Å². The number of hydrogen-bond donors (Lipinski definition) is 3. The van der Waals surface area contributed by atoms with Gasteiger partial charge in [0.15, 0.2) is 0 Å². The van der Waals surface area contributed by atoms with Gasteiger partial charge < -0.3 is 15.4 Å². The summed E-state index contributed by atoms with van der Waals surface area (Å²) in [6.45, 7) is 0.895. The predicted octanol–water partition coefficient (Wildman–Crippen LogP) is 2.86. The first-order valence-electron chi connectivity index (χ1n) is 7.29. The van der Waals surface area contributed by atoms with Gasteiger partial charge in [-0.3, -0.25) is 0 Å². The minimum Gasteiger partial charge on any atom is -0.395 e. The Morgan fingerprint density at radius 1 is 1.00 bits per heavy atom. The normalized spacial score (nSPS) is 12.6. The highest BCUT2D eigenvalue weighted by atomic mass is 16.3. The molecule has 0 bridgehead atoms. The minimum atomic E-state index is 0.0757. The molecule has 0 aliphatic rings. The van der Waals surface area contributed by atoms with E-state index in [-0.39, 0.29) is 12.6 Å². The topological polar surface area (TPSA) is 48.0 Å². The highest BCUT2D eigenvalue weighted by Crippen LogP contribution is 2.14. The monoisotopic (exact) mass is 280 g/mol. The van der Waals surface area contributed by atoms with E-state index in [4.69, 9.17) is 0 Å². The average Bonchev–Trinajstić information content (AvgIpc) is 3.00. The van der Waals surface area contributed by atoms with E-state index in [0.717, 1.165) is 18.5 Å². The van der Waals surface area contributed by atoms with Gasteiger partial charge >= 0.3 is 0 Å². The Balaban J connectivity index is 1.61. The second-order valence-electron chi connectivity index (χ2n) is 5.35. The van der Waals surface area contributed by atoms with E-state index < -0.39 is 0 Å². The van der Waals surface area contributed by atoms with Crippen LogP contribution in [0, 0.1) is 0 Å². The van der Waals surface area contributed by atoms with Crippen molar-refractivity contribution in [2.75, 3.05) is 6.61 Å². The fourth-order valence-electron chi connectivity index (χ4n) is 2.57. The summed E-state index contributed by atoms with van der Waals surface area (Å²) < 4.78 is 0. The number of H-pyrrole nitrogens is 1. The second kappa shape index (κ2) is 6.57. The van der Waals surface area contributed by atoms with Crippen molar-refractivity contribution in [2.45, 2.75) is 19.0 Å². The van der Waals surface area contributed by atoms with E-state index in [9.17, 15) is 5.11 Å². The lowest BCUT2D eigenvalue weighted by atomic mass is 10.1. The van der Waals surface area contributed by atoms with Crippen LogP contribution in [0.4, 0.5) is 0 Å². The van der Waals surface area contributed by atoms with Gasteiger partial charge in [0.2, 0.25) is 0 Å². The zero-order valence-corrected chi connectivity index (χ0v) is 11.9. The molecule has 108 valence electrons. The van der Waals surface area contributed by atoms with Crippen LogP contribution in [0.5, 0.6) is 0 Å². The lowest BCUT2D eigenvalue weighted by molar-refractivity contribution is 0.241. The Bertz CT molecular complexity index is 691. The molecule has 3 nitrogen and oxygen atoms in total. The van der Waals surface area contributed by atoms with E-state index in [1.54, 1.807) is 0 Å². The molecule has 0 aliphatic heterocycles. The van der Waals surface area contributed by atoms with Crippen molar-refractivity contribution in [2.24, 2.45) is 0 Å². The summed E-state index contributed by atoms with van der Waals surface area (Å²) in [5, 5.41) is 14.2. The molecular formula is C18H20N2O. The van der Waals surface area contributed by atoms with Gasteiger partial charge in [0.05, 0.1) is 6.61 Å². The SMILES string of the molecule is OC[C@@H](Cc1ccccc1)NCc1ccc2cc[nH]c2c1. The standard InChI is InChI=1S/C18H20N2O/c21-13-17(10-14-4-2-1-3-5-14)20-12-15-6-7-16-8-9-19-18(16)11-15/h1-9,11,17,19-21H,10,12-13H2/t17-/m1/s1. The molecule has 0 saturated carbocycles. The molecule has 21 heavy (non-hydrogen) atoms. The number of hydrogen-bond acceptors (Lipinski definition) is 2. The zero-order chi connectivity index (χ0) is 14.5. The van der Waals surface area contributed by atoms with Crippen LogP contribution in [0.2, 0.25) is 0 Å². The van der Waals surface area contributed by atoms with Crippen molar-refractivity contribution in [3.63, 3.8) is 0 Å². The van der Waals surface area contributed by atoms with Gasteiger partial charge in [-0.25, -0.2) is 0 Å². The molecule has 0 aliphatic carbocycles. The van der Waals surface area contributed by atoms with Gasteiger partial charge in [0, 0.05) is 24.3 Å². The zero-order valence-electron chi connectivity index (χ0n) is 11.9. The number of nitrogens with one attached hydrogen (secondary N) is 2. The fraction of sp³-hybridized carbons (Fsp3) is 0.222. The summed E-state index contributed by atoms with van der Waals surface area (Å²) >= 11 is 0. The van der Waals surface area contributed by atoms with Crippen LogP contribution in [0.25, 0.3) is 10.9 Å². The van der Waals surface area contributed by atoms with Crippen LogP contribution in [-0.2, 0) is 13.0 Å². The number of benzene rings is 2. The summed E-state index contributed by atoms with van der Waals surface area (Å²) in [5.41, 5.74) is 3.61. The Labute approximate surface area is 124 Å². The van der Waals surface area contributed by atoms with Gasteiger partial charge in [0.25, 0.3) is 0 Å². The average molecular weight is 280 g/mol. The molecule has 0 fully saturated rings. The number of aromatic nitrogens is 1. The van der Waals surface area contributed by atoms with E-state index in [1.807, 2.05) is 24.4 Å². The molecule has 0 spiro atoms. The van der Waals surface area contributed by atoms with Crippen molar-refractivity contribution in [3.05, 3.63) is 71.9 Å². The number of aromatic amines is 1. The summed E-state index contributed by atoms with van der Waals surface area (Å²) in [5.74, 6) is 0. The maximum Gasteiger partial charge on any atom is 0.0587 e.